The average Bonchev–Trinajstić information content (AvgIpc) is 2.12. The van der Waals surface area contributed by atoms with Gasteiger partial charge in [-0.15, -0.1) is 0 Å². The molecule has 14 heavy (non-hydrogen) atoms. The molecule has 0 aromatic heterocycles. The van der Waals surface area contributed by atoms with Gasteiger partial charge in [0.15, 0.2) is 0 Å². The second-order valence-electron chi connectivity index (χ2n) is 3.23. The maximum atomic E-state index is 10.4. The van der Waals surface area contributed by atoms with E-state index in [0.29, 0.717) is 19.4 Å². The topological polar surface area (TPSA) is 52.3 Å². The van der Waals surface area contributed by atoms with E-state index in [9.17, 15) is 4.79 Å². The number of carbonyl (C=O) groups excluding carboxylic acids is 1. The van der Waals surface area contributed by atoms with Crippen molar-refractivity contribution in [1.29, 1.82) is 0 Å². The fourth-order valence-corrected chi connectivity index (χ4v) is 1.14. The van der Waals surface area contributed by atoms with Crippen molar-refractivity contribution >= 4 is 5.91 Å². The Morgan fingerprint density at radius 3 is 2.93 bits per heavy atom. The zero-order valence-electron chi connectivity index (χ0n) is 8.32. The van der Waals surface area contributed by atoms with Gasteiger partial charge in [-0.3, -0.25) is 4.79 Å². The Morgan fingerprint density at radius 2 is 2.29 bits per heavy atom. The number of aryl methyl sites for hydroxylation is 1. The minimum Gasteiger partial charge on any atom is -0.494 e. The molecule has 0 atom stereocenters. The summed E-state index contributed by atoms with van der Waals surface area (Å²) >= 11 is 0. The molecule has 0 aliphatic heterocycles. The molecule has 0 aliphatic carbocycles. The van der Waals surface area contributed by atoms with Gasteiger partial charge in [-0.1, -0.05) is 12.1 Å². The predicted molar refractivity (Wildman–Crippen MR) is 55.1 cm³/mol. The van der Waals surface area contributed by atoms with Crippen LogP contribution in [0.4, 0.5) is 0 Å². The number of primary amides is 1. The summed E-state index contributed by atoms with van der Waals surface area (Å²) in [6.07, 6.45) is 1.05. The molecule has 0 saturated heterocycles. The maximum Gasteiger partial charge on any atom is 0.217 e. The van der Waals surface area contributed by atoms with Crippen molar-refractivity contribution in [2.24, 2.45) is 5.73 Å². The van der Waals surface area contributed by atoms with Gasteiger partial charge in [0.2, 0.25) is 5.91 Å². The second-order valence-corrected chi connectivity index (χ2v) is 3.23. The summed E-state index contributed by atoms with van der Waals surface area (Å²) in [5.41, 5.74) is 6.17. The first-order chi connectivity index (χ1) is 6.68. The molecule has 1 amide bonds. The van der Waals surface area contributed by atoms with E-state index in [1.807, 2.05) is 31.2 Å². The van der Waals surface area contributed by atoms with E-state index >= 15 is 0 Å². The van der Waals surface area contributed by atoms with Gasteiger partial charge in [0.05, 0.1) is 6.61 Å². The quantitative estimate of drug-likeness (QED) is 0.723. The van der Waals surface area contributed by atoms with Crippen molar-refractivity contribution in [2.75, 3.05) is 6.61 Å². The number of ether oxygens (including phenoxy) is 1. The van der Waals surface area contributed by atoms with Crippen LogP contribution in [0.3, 0.4) is 0 Å². The first-order valence-electron chi connectivity index (χ1n) is 4.66. The highest BCUT2D eigenvalue weighted by atomic mass is 16.5. The molecule has 1 rings (SSSR count). The van der Waals surface area contributed by atoms with Gasteiger partial charge in [-0.25, -0.2) is 0 Å². The SMILES string of the molecule is Cc1cccc(OCCCC(N)=O)c1. The Balaban J connectivity index is 2.28. The van der Waals surface area contributed by atoms with Crippen molar-refractivity contribution in [3.05, 3.63) is 29.8 Å². The molecule has 0 spiro atoms. The average molecular weight is 193 g/mol. The Kier molecular flexibility index (Phi) is 3.98. The molecule has 2 N–H and O–H groups in total. The monoisotopic (exact) mass is 193 g/mol. The van der Waals surface area contributed by atoms with E-state index in [1.165, 1.54) is 0 Å². The first kappa shape index (κ1) is 10.6. The highest BCUT2D eigenvalue weighted by Gasteiger charge is 1.96. The second kappa shape index (κ2) is 5.27. The van der Waals surface area contributed by atoms with Gasteiger partial charge in [0, 0.05) is 6.42 Å². The van der Waals surface area contributed by atoms with Crippen molar-refractivity contribution in [1.82, 2.24) is 0 Å². The molecular formula is C11H15NO2. The molecule has 1 aromatic carbocycles. The van der Waals surface area contributed by atoms with Gasteiger partial charge in [-0.05, 0) is 31.0 Å². The van der Waals surface area contributed by atoms with Gasteiger partial charge in [0.25, 0.3) is 0 Å². The van der Waals surface area contributed by atoms with Gasteiger partial charge in [-0.2, -0.15) is 0 Å². The molecule has 3 heteroatoms. The smallest absolute Gasteiger partial charge is 0.217 e. The van der Waals surface area contributed by atoms with E-state index < -0.39 is 0 Å². The van der Waals surface area contributed by atoms with E-state index in [-0.39, 0.29) is 5.91 Å². The normalized spacial score (nSPS) is 9.79. The lowest BCUT2D eigenvalue weighted by atomic mass is 10.2. The molecule has 0 fully saturated rings. The van der Waals surface area contributed by atoms with Crippen LogP contribution in [0.25, 0.3) is 0 Å². The Morgan fingerprint density at radius 1 is 1.50 bits per heavy atom. The van der Waals surface area contributed by atoms with Crippen LogP contribution in [0.2, 0.25) is 0 Å². The summed E-state index contributed by atoms with van der Waals surface area (Å²) in [6.45, 7) is 2.54. The van der Waals surface area contributed by atoms with Crippen LogP contribution in [-0.2, 0) is 4.79 Å². The number of nitrogens with two attached hydrogens (primary N) is 1. The fourth-order valence-electron chi connectivity index (χ4n) is 1.14. The van der Waals surface area contributed by atoms with E-state index in [0.717, 1.165) is 11.3 Å². The van der Waals surface area contributed by atoms with E-state index in [1.54, 1.807) is 0 Å². The number of hydrogen-bond acceptors (Lipinski definition) is 2. The molecular weight excluding hydrogens is 178 g/mol. The molecule has 3 nitrogen and oxygen atoms in total. The Labute approximate surface area is 83.9 Å². The molecule has 0 heterocycles. The van der Waals surface area contributed by atoms with Crippen molar-refractivity contribution < 1.29 is 9.53 Å². The molecule has 0 saturated carbocycles. The zero-order chi connectivity index (χ0) is 10.4. The Bertz CT molecular complexity index is 310. The van der Waals surface area contributed by atoms with Gasteiger partial charge in [0.1, 0.15) is 5.75 Å². The van der Waals surface area contributed by atoms with Gasteiger partial charge < -0.3 is 10.5 Å². The number of benzene rings is 1. The predicted octanol–water partition coefficient (Wildman–Crippen LogP) is 1.64. The lowest BCUT2D eigenvalue weighted by Crippen LogP contribution is -2.11. The zero-order valence-corrected chi connectivity index (χ0v) is 8.32. The van der Waals surface area contributed by atoms with Crippen LogP contribution in [-0.4, -0.2) is 12.5 Å². The fraction of sp³-hybridized carbons (Fsp3) is 0.364. The lowest BCUT2D eigenvalue weighted by Gasteiger charge is -2.05. The summed E-state index contributed by atoms with van der Waals surface area (Å²) in [6, 6.07) is 7.82. The van der Waals surface area contributed by atoms with Crippen LogP contribution in [0, 0.1) is 6.92 Å². The molecule has 76 valence electrons. The Hall–Kier alpha value is -1.51. The van der Waals surface area contributed by atoms with Crippen molar-refractivity contribution in [2.45, 2.75) is 19.8 Å². The lowest BCUT2D eigenvalue weighted by molar-refractivity contribution is -0.118. The third kappa shape index (κ3) is 3.94. The summed E-state index contributed by atoms with van der Waals surface area (Å²) < 4.78 is 5.43. The van der Waals surface area contributed by atoms with Crippen molar-refractivity contribution in [3.8, 4) is 5.75 Å². The highest BCUT2D eigenvalue weighted by molar-refractivity contribution is 5.73. The molecule has 0 radical (unpaired) electrons. The third-order valence-electron chi connectivity index (χ3n) is 1.83. The number of rotatable bonds is 5. The van der Waals surface area contributed by atoms with Crippen LogP contribution in [0.5, 0.6) is 5.75 Å². The summed E-state index contributed by atoms with van der Waals surface area (Å²) in [7, 11) is 0. The van der Waals surface area contributed by atoms with Crippen LogP contribution >= 0.6 is 0 Å². The number of amides is 1. The molecule has 1 aromatic rings. The molecule has 0 bridgehead atoms. The van der Waals surface area contributed by atoms with Gasteiger partial charge >= 0.3 is 0 Å². The third-order valence-corrected chi connectivity index (χ3v) is 1.83. The van der Waals surface area contributed by atoms with Crippen LogP contribution in [0.15, 0.2) is 24.3 Å². The summed E-state index contributed by atoms with van der Waals surface area (Å²) in [5, 5.41) is 0. The minimum absolute atomic E-state index is 0.280. The first-order valence-corrected chi connectivity index (χ1v) is 4.66. The number of hydrogen-bond donors (Lipinski definition) is 1. The summed E-state index contributed by atoms with van der Waals surface area (Å²) in [5.74, 6) is 0.562. The number of carbonyl (C=O) groups is 1. The minimum atomic E-state index is -0.280. The summed E-state index contributed by atoms with van der Waals surface area (Å²) in [4.78, 5) is 10.4. The van der Waals surface area contributed by atoms with Crippen LogP contribution < -0.4 is 10.5 Å². The maximum absolute atomic E-state index is 10.4. The van der Waals surface area contributed by atoms with E-state index in [2.05, 4.69) is 0 Å². The molecule has 0 aliphatic rings. The molecule has 0 unspecified atom stereocenters. The standard InChI is InChI=1S/C11H15NO2/c1-9-4-2-5-10(8-9)14-7-3-6-11(12)13/h2,4-5,8H,3,6-7H2,1H3,(H2,12,13). The largest absolute Gasteiger partial charge is 0.494 e. The highest BCUT2D eigenvalue weighted by Crippen LogP contribution is 2.12. The van der Waals surface area contributed by atoms with Crippen LogP contribution in [0.1, 0.15) is 18.4 Å². The van der Waals surface area contributed by atoms with E-state index in [4.69, 9.17) is 10.5 Å². The van der Waals surface area contributed by atoms with Crippen molar-refractivity contribution in [3.63, 3.8) is 0 Å².